The maximum absolute atomic E-state index is 9.07. The number of hydrogen-bond acceptors (Lipinski definition) is 3. The Morgan fingerprint density at radius 3 is 3.00 bits per heavy atom. The number of nitrogens with one attached hydrogen (secondary N) is 1. The van der Waals surface area contributed by atoms with Crippen LogP contribution in [0.3, 0.4) is 0 Å². The second kappa shape index (κ2) is 5.37. The van der Waals surface area contributed by atoms with E-state index in [4.69, 9.17) is 5.11 Å². The van der Waals surface area contributed by atoms with Crippen LogP contribution in [0.4, 0.5) is 0 Å². The van der Waals surface area contributed by atoms with Crippen LogP contribution >= 0.6 is 0 Å². The van der Waals surface area contributed by atoms with Gasteiger partial charge >= 0.3 is 0 Å². The van der Waals surface area contributed by atoms with Crippen molar-refractivity contribution in [3.05, 3.63) is 12.7 Å². The summed E-state index contributed by atoms with van der Waals surface area (Å²) in [6.07, 6.45) is 1.92. The summed E-state index contributed by atoms with van der Waals surface area (Å²) in [6.45, 7) is 10.1. The van der Waals surface area contributed by atoms with Gasteiger partial charge in [-0.2, -0.15) is 0 Å². The van der Waals surface area contributed by atoms with Crippen molar-refractivity contribution in [3.63, 3.8) is 0 Å². The van der Waals surface area contributed by atoms with E-state index in [-0.39, 0.29) is 12.6 Å². The minimum atomic E-state index is 0.223. The van der Waals surface area contributed by atoms with Crippen molar-refractivity contribution in [2.45, 2.75) is 13.0 Å². The van der Waals surface area contributed by atoms with E-state index in [0.717, 1.165) is 26.2 Å². The molecule has 1 saturated heterocycles. The lowest BCUT2D eigenvalue weighted by atomic mass is 10.2. The molecule has 0 aromatic carbocycles. The lowest BCUT2D eigenvalue weighted by Crippen LogP contribution is -2.40. The average molecular weight is 184 g/mol. The lowest BCUT2D eigenvalue weighted by Gasteiger charge is -2.22. The Morgan fingerprint density at radius 2 is 2.38 bits per heavy atom. The summed E-state index contributed by atoms with van der Waals surface area (Å²) in [5.41, 5.74) is 0. The molecule has 0 amide bonds. The molecule has 0 aliphatic carbocycles. The van der Waals surface area contributed by atoms with Gasteiger partial charge in [0, 0.05) is 25.7 Å². The van der Waals surface area contributed by atoms with Gasteiger partial charge in [0.25, 0.3) is 0 Å². The van der Waals surface area contributed by atoms with Crippen molar-refractivity contribution in [2.24, 2.45) is 5.92 Å². The largest absolute Gasteiger partial charge is 0.395 e. The summed E-state index contributed by atoms with van der Waals surface area (Å²) >= 11 is 0. The highest BCUT2D eigenvalue weighted by Crippen LogP contribution is 2.05. The molecule has 0 spiro atoms. The number of rotatable bonds is 3. The molecule has 0 aromatic heterocycles. The standard InChI is InChI=1S/C10H20N2O/c1-3-4-12-6-9(2)5-11-10(7-12)8-13/h3,9-11,13H,1,4-8H2,2H3. The van der Waals surface area contributed by atoms with Gasteiger partial charge < -0.3 is 10.4 Å². The Bertz CT molecular complexity index is 161. The fourth-order valence-corrected chi connectivity index (χ4v) is 1.78. The minimum absolute atomic E-state index is 0.223. The summed E-state index contributed by atoms with van der Waals surface area (Å²) in [4.78, 5) is 2.33. The Hall–Kier alpha value is -0.380. The zero-order valence-electron chi connectivity index (χ0n) is 8.37. The molecule has 1 fully saturated rings. The maximum Gasteiger partial charge on any atom is 0.0597 e. The van der Waals surface area contributed by atoms with Crippen LogP contribution in [0.15, 0.2) is 12.7 Å². The molecule has 1 heterocycles. The molecule has 3 nitrogen and oxygen atoms in total. The van der Waals surface area contributed by atoms with Gasteiger partial charge in [-0.1, -0.05) is 13.0 Å². The van der Waals surface area contributed by atoms with E-state index in [2.05, 4.69) is 23.7 Å². The predicted molar refractivity (Wildman–Crippen MR) is 54.7 cm³/mol. The van der Waals surface area contributed by atoms with Gasteiger partial charge in [-0.05, 0) is 12.5 Å². The summed E-state index contributed by atoms with van der Waals surface area (Å²) in [5, 5.41) is 12.4. The van der Waals surface area contributed by atoms with E-state index in [9.17, 15) is 0 Å². The molecule has 1 aliphatic rings. The van der Waals surface area contributed by atoms with E-state index in [1.807, 2.05) is 6.08 Å². The highest BCUT2D eigenvalue weighted by Gasteiger charge is 2.19. The smallest absolute Gasteiger partial charge is 0.0597 e. The van der Waals surface area contributed by atoms with Gasteiger partial charge in [-0.3, -0.25) is 4.90 Å². The van der Waals surface area contributed by atoms with Crippen molar-refractivity contribution >= 4 is 0 Å². The van der Waals surface area contributed by atoms with Gasteiger partial charge in [0.05, 0.1) is 6.61 Å². The van der Waals surface area contributed by atoms with Gasteiger partial charge in [-0.25, -0.2) is 0 Å². The first kappa shape index (κ1) is 10.7. The number of aliphatic hydroxyl groups excluding tert-OH is 1. The summed E-state index contributed by atoms with van der Waals surface area (Å²) < 4.78 is 0. The first-order valence-corrected chi connectivity index (χ1v) is 4.93. The van der Waals surface area contributed by atoms with Crippen molar-refractivity contribution in [1.82, 2.24) is 10.2 Å². The van der Waals surface area contributed by atoms with Gasteiger partial charge in [0.15, 0.2) is 0 Å². The summed E-state index contributed by atoms with van der Waals surface area (Å²) in [6, 6.07) is 0.227. The fourth-order valence-electron chi connectivity index (χ4n) is 1.78. The fraction of sp³-hybridized carbons (Fsp3) is 0.800. The monoisotopic (exact) mass is 184 g/mol. The van der Waals surface area contributed by atoms with Crippen LogP contribution in [-0.4, -0.2) is 48.8 Å². The Labute approximate surface area is 80.4 Å². The Morgan fingerprint density at radius 1 is 1.62 bits per heavy atom. The molecule has 0 aromatic rings. The van der Waals surface area contributed by atoms with Crippen LogP contribution in [0.25, 0.3) is 0 Å². The molecule has 0 bridgehead atoms. The van der Waals surface area contributed by atoms with Crippen LogP contribution in [0.5, 0.6) is 0 Å². The number of hydrogen-bond donors (Lipinski definition) is 2. The minimum Gasteiger partial charge on any atom is -0.395 e. The van der Waals surface area contributed by atoms with Crippen LogP contribution in [-0.2, 0) is 0 Å². The topological polar surface area (TPSA) is 35.5 Å². The lowest BCUT2D eigenvalue weighted by molar-refractivity contribution is 0.207. The second-order valence-corrected chi connectivity index (χ2v) is 3.90. The zero-order chi connectivity index (χ0) is 9.68. The highest BCUT2D eigenvalue weighted by atomic mass is 16.3. The third-order valence-electron chi connectivity index (χ3n) is 2.41. The average Bonchev–Trinajstić information content (AvgIpc) is 2.28. The van der Waals surface area contributed by atoms with Crippen molar-refractivity contribution in [2.75, 3.05) is 32.8 Å². The van der Waals surface area contributed by atoms with Gasteiger partial charge in [0.2, 0.25) is 0 Å². The molecule has 1 rings (SSSR count). The Kier molecular flexibility index (Phi) is 4.42. The molecular weight excluding hydrogens is 164 g/mol. The summed E-state index contributed by atoms with van der Waals surface area (Å²) in [5.74, 6) is 0.650. The second-order valence-electron chi connectivity index (χ2n) is 3.90. The predicted octanol–water partition coefficient (Wildman–Crippen LogP) is 0.0746. The number of nitrogens with zero attached hydrogens (tertiary/aromatic N) is 1. The van der Waals surface area contributed by atoms with Crippen LogP contribution in [0.1, 0.15) is 6.92 Å². The zero-order valence-corrected chi connectivity index (χ0v) is 8.37. The van der Waals surface area contributed by atoms with Crippen LogP contribution < -0.4 is 5.32 Å². The van der Waals surface area contributed by atoms with E-state index in [0.29, 0.717) is 5.92 Å². The molecule has 2 unspecified atom stereocenters. The first-order valence-electron chi connectivity index (χ1n) is 4.93. The molecule has 76 valence electrons. The molecule has 0 radical (unpaired) electrons. The van der Waals surface area contributed by atoms with E-state index < -0.39 is 0 Å². The molecule has 2 atom stereocenters. The maximum atomic E-state index is 9.07. The normalized spacial score (nSPS) is 31.2. The summed E-state index contributed by atoms with van der Waals surface area (Å²) in [7, 11) is 0. The molecule has 13 heavy (non-hydrogen) atoms. The van der Waals surface area contributed by atoms with Crippen molar-refractivity contribution < 1.29 is 5.11 Å². The quantitative estimate of drug-likeness (QED) is 0.610. The number of aliphatic hydroxyl groups is 1. The molecular formula is C10H20N2O. The third-order valence-corrected chi connectivity index (χ3v) is 2.41. The SMILES string of the molecule is C=CCN1CC(C)CNC(CO)C1. The van der Waals surface area contributed by atoms with E-state index in [1.54, 1.807) is 0 Å². The van der Waals surface area contributed by atoms with Crippen LogP contribution in [0, 0.1) is 5.92 Å². The molecule has 2 N–H and O–H groups in total. The Balaban J connectivity index is 2.46. The van der Waals surface area contributed by atoms with E-state index >= 15 is 0 Å². The molecule has 3 heteroatoms. The van der Waals surface area contributed by atoms with Gasteiger partial charge in [0.1, 0.15) is 0 Å². The van der Waals surface area contributed by atoms with Gasteiger partial charge in [-0.15, -0.1) is 6.58 Å². The molecule has 0 saturated carbocycles. The highest BCUT2D eigenvalue weighted by molar-refractivity contribution is 4.82. The van der Waals surface area contributed by atoms with Crippen LogP contribution in [0.2, 0.25) is 0 Å². The van der Waals surface area contributed by atoms with E-state index in [1.165, 1.54) is 0 Å². The van der Waals surface area contributed by atoms with Crippen molar-refractivity contribution in [1.29, 1.82) is 0 Å². The first-order chi connectivity index (χ1) is 6.26. The molecule has 1 aliphatic heterocycles. The van der Waals surface area contributed by atoms with Crippen molar-refractivity contribution in [3.8, 4) is 0 Å². The third kappa shape index (κ3) is 3.46.